The third-order valence-corrected chi connectivity index (χ3v) is 2.34. The molecule has 0 bridgehead atoms. The van der Waals surface area contributed by atoms with Crippen LogP contribution in [0.1, 0.15) is 33.1 Å². The van der Waals surface area contributed by atoms with Crippen molar-refractivity contribution >= 4 is 0 Å². The molecule has 1 aliphatic rings. The fourth-order valence-electron chi connectivity index (χ4n) is 1.88. The minimum Gasteiger partial charge on any atom is -0.390 e. The molecule has 2 heteroatoms. The highest BCUT2D eigenvalue weighted by molar-refractivity contribution is 4.95. The molecule has 1 N–H and O–H groups in total. The molecule has 0 spiro atoms. The van der Waals surface area contributed by atoms with Gasteiger partial charge in [-0.15, -0.1) is 0 Å². The highest BCUT2D eigenvalue weighted by Gasteiger charge is 2.42. The van der Waals surface area contributed by atoms with Gasteiger partial charge in [0, 0.05) is 20.0 Å². The topological polar surface area (TPSA) is 29.5 Å². The Kier molecular flexibility index (Phi) is 2.55. The molecular weight excluding hydrogens is 140 g/mol. The first-order chi connectivity index (χ1) is 5.06. The van der Waals surface area contributed by atoms with Crippen LogP contribution in [0.4, 0.5) is 0 Å². The standard InChI is InChI=1S/C9H18O2/c1-7(2)4-9(10)5-8(6-9)11-3/h7-8,10H,4-6H2,1-3H3. The van der Waals surface area contributed by atoms with Gasteiger partial charge in [-0.3, -0.25) is 0 Å². The average Bonchev–Trinajstić information content (AvgIpc) is 1.80. The molecule has 0 unspecified atom stereocenters. The molecule has 0 radical (unpaired) electrons. The monoisotopic (exact) mass is 158 g/mol. The molecule has 0 aromatic carbocycles. The normalized spacial score (nSPS) is 37.4. The number of ether oxygens (including phenoxy) is 1. The van der Waals surface area contributed by atoms with Crippen LogP contribution in [0, 0.1) is 5.92 Å². The van der Waals surface area contributed by atoms with Crippen molar-refractivity contribution in [1.82, 2.24) is 0 Å². The van der Waals surface area contributed by atoms with Gasteiger partial charge in [0.25, 0.3) is 0 Å². The Morgan fingerprint density at radius 1 is 1.55 bits per heavy atom. The zero-order valence-electron chi connectivity index (χ0n) is 7.63. The number of aliphatic hydroxyl groups is 1. The van der Waals surface area contributed by atoms with E-state index in [1.807, 2.05) is 0 Å². The molecule has 0 amide bonds. The second-order valence-electron chi connectivity index (χ2n) is 4.09. The van der Waals surface area contributed by atoms with E-state index in [4.69, 9.17) is 4.74 Å². The van der Waals surface area contributed by atoms with E-state index in [0.29, 0.717) is 12.0 Å². The van der Waals surface area contributed by atoms with Crippen molar-refractivity contribution in [1.29, 1.82) is 0 Å². The van der Waals surface area contributed by atoms with Crippen molar-refractivity contribution in [2.75, 3.05) is 7.11 Å². The van der Waals surface area contributed by atoms with Crippen molar-refractivity contribution in [2.24, 2.45) is 5.92 Å². The van der Waals surface area contributed by atoms with Gasteiger partial charge in [-0.25, -0.2) is 0 Å². The molecule has 0 heterocycles. The third-order valence-electron chi connectivity index (χ3n) is 2.34. The first kappa shape index (κ1) is 9.01. The highest BCUT2D eigenvalue weighted by Crippen LogP contribution is 2.38. The lowest BCUT2D eigenvalue weighted by Crippen LogP contribution is -2.48. The van der Waals surface area contributed by atoms with Gasteiger partial charge < -0.3 is 9.84 Å². The van der Waals surface area contributed by atoms with Gasteiger partial charge in [0.1, 0.15) is 0 Å². The predicted octanol–water partition coefficient (Wildman–Crippen LogP) is 1.57. The minimum absolute atomic E-state index is 0.304. The van der Waals surface area contributed by atoms with Crippen LogP contribution in [0.3, 0.4) is 0 Å². The molecule has 1 rings (SSSR count). The van der Waals surface area contributed by atoms with Crippen LogP contribution in [0.2, 0.25) is 0 Å². The van der Waals surface area contributed by atoms with Crippen molar-refractivity contribution < 1.29 is 9.84 Å². The lowest BCUT2D eigenvalue weighted by molar-refractivity contribution is -0.136. The molecule has 1 aliphatic carbocycles. The molecule has 0 aliphatic heterocycles. The molecule has 1 saturated carbocycles. The first-order valence-electron chi connectivity index (χ1n) is 4.31. The second kappa shape index (κ2) is 3.11. The summed E-state index contributed by atoms with van der Waals surface area (Å²) < 4.78 is 5.10. The fraction of sp³-hybridized carbons (Fsp3) is 1.00. The molecule has 66 valence electrons. The van der Waals surface area contributed by atoms with Crippen LogP contribution in [0.25, 0.3) is 0 Å². The maximum atomic E-state index is 9.80. The summed E-state index contributed by atoms with van der Waals surface area (Å²) in [5.74, 6) is 0.581. The van der Waals surface area contributed by atoms with Crippen LogP contribution in [-0.4, -0.2) is 23.9 Å². The Hall–Kier alpha value is -0.0800. The van der Waals surface area contributed by atoms with E-state index in [2.05, 4.69) is 13.8 Å². The van der Waals surface area contributed by atoms with E-state index in [-0.39, 0.29) is 0 Å². The Labute approximate surface area is 68.6 Å². The number of methoxy groups -OCH3 is 1. The number of hydrogen-bond acceptors (Lipinski definition) is 2. The van der Waals surface area contributed by atoms with E-state index in [0.717, 1.165) is 19.3 Å². The molecule has 0 aromatic rings. The minimum atomic E-state index is -0.408. The Balaban J connectivity index is 2.25. The van der Waals surface area contributed by atoms with Crippen molar-refractivity contribution in [3.8, 4) is 0 Å². The summed E-state index contributed by atoms with van der Waals surface area (Å²) in [6.07, 6.45) is 2.86. The van der Waals surface area contributed by atoms with Gasteiger partial charge >= 0.3 is 0 Å². The zero-order chi connectivity index (χ0) is 8.48. The molecule has 2 nitrogen and oxygen atoms in total. The summed E-state index contributed by atoms with van der Waals surface area (Å²) in [4.78, 5) is 0. The average molecular weight is 158 g/mol. The van der Waals surface area contributed by atoms with E-state index in [1.54, 1.807) is 7.11 Å². The van der Waals surface area contributed by atoms with E-state index < -0.39 is 5.60 Å². The Bertz CT molecular complexity index is 126. The van der Waals surface area contributed by atoms with Crippen LogP contribution < -0.4 is 0 Å². The summed E-state index contributed by atoms with van der Waals surface area (Å²) in [7, 11) is 1.71. The van der Waals surface area contributed by atoms with Gasteiger partial charge in [0.05, 0.1) is 11.7 Å². The summed E-state index contributed by atoms with van der Waals surface area (Å²) in [5, 5.41) is 9.80. The van der Waals surface area contributed by atoms with Crippen LogP contribution in [0.15, 0.2) is 0 Å². The van der Waals surface area contributed by atoms with E-state index in [9.17, 15) is 5.11 Å². The molecule has 1 fully saturated rings. The Morgan fingerprint density at radius 3 is 2.45 bits per heavy atom. The smallest absolute Gasteiger partial charge is 0.0699 e. The third kappa shape index (κ3) is 2.17. The molecule has 0 saturated heterocycles. The predicted molar refractivity (Wildman–Crippen MR) is 44.4 cm³/mol. The Morgan fingerprint density at radius 2 is 2.09 bits per heavy atom. The maximum Gasteiger partial charge on any atom is 0.0699 e. The summed E-state index contributed by atoms with van der Waals surface area (Å²) >= 11 is 0. The lowest BCUT2D eigenvalue weighted by Gasteiger charge is -2.43. The first-order valence-corrected chi connectivity index (χ1v) is 4.31. The molecular formula is C9H18O2. The summed E-state index contributed by atoms with van der Waals surface area (Å²) in [6, 6.07) is 0. The maximum absolute atomic E-state index is 9.80. The lowest BCUT2D eigenvalue weighted by atomic mass is 9.73. The van der Waals surface area contributed by atoms with Crippen molar-refractivity contribution in [3.63, 3.8) is 0 Å². The highest BCUT2D eigenvalue weighted by atomic mass is 16.5. The van der Waals surface area contributed by atoms with Gasteiger partial charge in [0.15, 0.2) is 0 Å². The number of rotatable bonds is 3. The van der Waals surface area contributed by atoms with Gasteiger partial charge in [-0.1, -0.05) is 13.8 Å². The fourth-order valence-corrected chi connectivity index (χ4v) is 1.88. The summed E-state index contributed by atoms with van der Waals surface area (Å²) in [6.45, 7) is 4.27. The van der Waals surface area contributed by atoms with E-state index in [1.165, 1.54) is 0 Å². The largest absolute Gasteiger partial charge is 0.390 e. The zero-order valence-corrected chi connectivity index (χ0v) is 7.63. The summed E-state index contributed by atoms with van der Waals surface area (Å²) in [5.41, 5.74) is -0.408. The van der Waals surface area contributed by atoms with Gasteiger partial charge in [-0.2, -0.15) is 0 Å². The van der Waals surface area contributed by atoms with Crippen LogP contribution in [-0.2, 0) is 4.74 Å². The SMILES string of the molecule is COC1CC(O)(CC(C)C)C1. The van der Waals surface area contributed by atoms with E-state index >= 15 is 0 Å². The second-order valence-corrected chi connectivity index (χ2v) is 4.09. The van der Waals surface area contributed by atoms with Crippen LogP contribution in [0.5, 0.6) is 0 Å². The van der Waals surface area contributed by atoms with Crippen LogP contribution >= 0.6 is 0 Å². The molecule has 0 atom stereocenters. The molecule has 11 heavy (non-hydrogen) atoms. The molecule has 0 aromatic heterocycles. The number of hydrogen-bond donors (Lipinski definition) is 1. The van der Waals surface area contributed by atoms with Crippen molar-refractivity contribution in [3.05, 3.63) is 0 Å². The van der Waals surface area contributed by atoms with Gasteiger partial charge in [-0.05, 0) is 12.3 Å². The quantitative estimate of drug-likeness (QED) is 0.675. The van der Waals surface area contributed by atoms with Gasteiger partial charge in [0.2, 0.25) is 0 Å². The van der Waals surface area contributed by atoms with Crippen molar-refractivity contribution in [2.45, 2.75) is 44.8 Å².